The lowest BCUT2D eigenvalue weighted by Crippen LogP contribution is -2.29. The molecule has 27 heavy (non-hydrogen) atoms. The first kappa shape index (κ1) is 17.4. The zero-order chi connectivity index (χ0) is 19.0. The monoisotopic (exact) mass is 376 g/mol. The van der Waals surface area contributed by atoms with Gasteiger partial charge in [-0.05, 0) is 29.2 Å². The summed E-state index contributed by atoms with van der Waals surface area (Å²) in [6.07, 6.45) is 0.948. The topological polar surface area (TPSA) is 76.1 Å². The van der Waals surface area contributed by atoms with Crippen molar-refractivity contribution < 1.29 is 9.53 Å². The van der Waals surface area contributed by atoms with Gasteiger partial charge in [-0.25, -0.2) is 0 Å². The van der Waals surface area contributed by atoms with E-state index in [1.807, 2.05) is 36.4 Å². The summed E-state index contributed by atoms with van der Waals surface area (Å²) in [6, 6.07) is 19.2. The number of hydrogen-bond donors (Lipinski definition) is 1. The van der Waals surface area contributed by atoms with Crippen LogP contribution in [0.4, 0.5) is 0 Å². The van der Waals surface area contributed by atoms with Crippen molar-refractivity contribution in [3.63, 3.8) is 0 Å². The normalized spacial score (nSPS) is 22.1. The Morgan fingerprint density at radius 3 is 2.52 bits per heavy atom. The van der Waals surface area contributed by atoms with Gasteiger partial charge in [-0.15, -0.1) is 0 Å². The molecule has 2 aromatic rings. The number of nitrogens with zero attached hydrogens (tertiary/aromatic N) is 1. The third-order valence-electron chi connectivity index (χ3n) is 5.11. The number of benzene rings is 2. The van der Waals surface area contributed by atoms with Crippen LogP contribution in [-0.2, 0) is 9.53 Å². The summed E-state index contributed by atoms with van der Waals surface area (Å²) in [5.41, 5.74) is 8.68. The molecule has 1 aliphatic carbocycles. The van der Waals surface area contributed by atoms with Crippen LogP contribution < -0.4 is 5.73 Å². The molecule has 0 radical (unpaired) electrons. The molecule has 0 saturated carbocycles. The van der Waals surface area contributed by atoms with Crippen molar-refractivity contribution in [2.45, 2.75) is 24.7 Å². The first-order chi connectivity index (χ1) is 13.1. The molecule has 4 rings (SSSR count). The third-order valence-corrected chi connectivity index (χ3v) is 5.35. The van der Waals surface area contributed by atoms with Gasteiger partial charge in [0.05, 0.1) is 5.92 Å². The van der Waals surface area contributed by atoms with Crippen molar-refractivity contribution in [3.8, 4) is 6.07 Å². The van der Waals surface area contributed by atoms with Crippen molar-refractivity contribution >= 4 is 17.4 Å². The highest BCUT2D eigenvalue weighted by Crippen LogP contribution is 2.46. The molecule has 0 bridgehead atoms. The first-order valence-corrected chi connectivity index (χ1v) is 9.10. The Bertz CT molecular complexity index is 1020. The molecule has 0 spiro atoms. The minimum Gasteiger partial charge on any atom is -0.444 e. The van der Waals surface area contributed by atoms with E-state index < -0.39 is 5.92 Å². The lowest BCUT2D eigenvalue weighted by Gasteiger charge is -2.34. The molecule has 0 saturated heterocycles. The van der Waals surface area contributed by atoms with E-state index in [0.29, 0.717) is 29.2 Å². The van der Waals surface area contributed by atoms with Gasteiger partial charge in [0.1, 0.15) is 17.4 Å². The Balaban J connectivity index is 1.80. The van der Waals surface area contributed by atoms with Gasteiger partial charge >= 0.3 is 0 Å². The van der Waals surface area contributed by atoms with E-state index in [9.17, 15) is 10.1 Å². The van der Waals surface area contributed by atoms with Crippen LogP contribution in [0.25, 0.3) is 0 Å². The second kappa shape index (κ2) is 6.94. The molecular formula is C22H17ClN2O2. The summed E-state index contributed by atoms with van der Waals surface area (Å²) in [4.78, 5) is 13.1. The zero-order valence-electron chi connectivity index (χ0n) is 14.5. The van der Waals surface area contributed by atoms with Gasteiger partial charge in [0.15, 0.2) is 5.78 Å². The van der Waals surface area contributed by atoms with Crippen LogP contribution in [0.3, 0.4) is 0 Å². The summed E-state index contributed by atoms with van der Waals surface area (Å²) in [7, 11) is 0. The lowest BCUT2D eigenvalue weighted by molar-refractivity contribution is -0.117. The van der Waals surface area contributed by atoms with E-state index in [1.165, 1.54) is 0 Å². The smallest absolute Gasteiger partial charge is 0.205 e. The van der Waals surface area contributed by atoms with Crippen LogP contribution in [0.1, 0.15) is 35.8 Å². The molecule has 0 aromatic heterocycles. The molecule has 1 aliphatic heterocycles. The van der Waals surface area contributed by atoms with Crippen molar-refractivity contribution in [3.05, 3.63) is 93.5 Å². The van der Waals surface area contributed by atoms with Crippen molar-refractivity contribution in [2.75, 3.05) is 0 Å². The highest BCUT2D eigenvalue weighted by Gasteiger charge is 2.40. The molecule has 4 nitrogen and oxygen atoms in total. The summed E-state index contributed by atoms with van der Waals surface area (Å²) < 4.78 is 5.76. The standard InChI is InChI=1S/C22H17ClN2O2/c23-16-8-4-7-14(9-16)20-17(12-24)22(25)27-19-11-15(10-18(26)21(19)20)13-5-2-1-3-6-13/h1-9,15,20H,10-11,25H2/t15-,20+/m1/s1. The van der Waals surface area contributed by atoms with E-state index in [-0.39, 0.29) is 23.2 Å². The molecule has 0 fully saturated rings. The fourth-order valence-electron chi connectivity index (χ4n) is 3.89. The predicted molar refractivity (Wildman–Crippen MR) is 103 cm³/mol. The van der Waals surface area contributed by atoms with Gasteiger partial charge in [0, 0.05) is 23.4 Å². The van der Waals surface area contributed by atoms with Gasteiger partial charge in [-0.2, -0.15) is 5.26 Å². The first-order valence-electron chi connectivity index (χ1n) is 8.72. The predicted octanol–water partition coefficient (Wildman–Crippen LogP) is 4.55. The Morgan fingerprint density at radius 1 is 1.07 bits per heavy atom. The largest absolute Gasteiger partial charge is 0.444 e. The average Bonchev–Trinajstić information content (AvgIpc) is 2.67. The molecule has 2 aliphatic rings. The van der Waals surface area contributed by atoms with Gasteiger partial charge in [-0.1, -0.05) is 54.1 Å². The van der Waals surface area contributed by atoms with Gasteiger partial charge in [0.25, 0.3) is 0 Å². The fraction of sp³-hybridized carbons (Fsp3) is 0.182. The number of nitriles is 1. The number of Topliss-reactive ketones (excluding diaryl/α,β-unsaturated/α-hetero) is 1. The minimum absolute atomic E-state index is 0.0182. The number of ether oxygens (including phenoxy) is 1. The van der Waals surface area contributed by atoms with Crippen molar-refractivity contribution in [2.24, 2.45) is 5.73 Å². The van der Waals surface area contributed by atoms with E-state index in [4.69, 9.17) is 22.1 Å². The molecule has 1 heterocycles. The maximum atomic E-state index is 13.1. The summed E-state index contributed by atoms with van der Waals surface area (Å²) in [6.45, 7) is 0. The van der Waals surface area contributed by atoms with Gasteiger partial charge in [-0.3, -0.25) is 4.79 Å². The summed E-state index contributed by atoms with van der Waals surface area (Å²) in [5.74, 6) is 0.0928. The molecule has 134 valence electrons. The van der Waals surface area contributed by atoms with Crippen molar-refractivity contribution in [1.82, 2.24) is 0 Å². The third kappa shape index (κ3) is 3.11. The highest BCUT2D eigenvalue weighted by molar-refractivity contribution is 6.30. The Kier molecular flexibility index (Phi) is 4.47. The summed E-state index contributed by atoms with van der Waals surface area (Å²) >= 11 is 6.14. The molecular weight excluding hydrogens is 360 g/mol. The van der Waals surface area contributed by atoms with E-state index in [2.05, 4.69) is 6.07 Å². The minimum atomic E-state index is -0.540. The number of nitrogens with two attached hydrogens (primary N) is 1. The second-order valence-electron chi connectivity index (χ2n) is 6.76. The van der Waals surface area contributed by atoms with Crippen LogP contribution in [0, 0.1) is 11.3 Å². The maximum Gasteiger partial charge on any atom is 0.205 e. The Labute approximate surface area is 162 Å². The fourth-order valence-corrected chi connectivity index (χ4v) is 4.09. The highest BCUT2D eigenvalue weighted by atomic mass is 35.5. The molecule has 2 N–H and O–H groups in total. The van der Waals surface area contributed by atoms with Crippen LogP contribution >= 0.6 is 11.6 Å². The quantitative estimate of drug-likeness (QED) is 0.834. The maximum absolute atomic E-state index is 13.1. The Morgan fingerprint density at radius 2 is 1.81 bits per heavy atom. The SMILES string of the molecule is N#CC1=C(N)OC2=C(C(=O)C[C@@H](c3ccccc3)C2)[C@H]1c1cccc(Cl)c1. The van der Waals surface area contributed by atoms with Crippen molar-refractivity contribution in [1.29, 1.82) is 5.26 Å². The van der Waals surface area contributed by atoms with Crippen LogP contribution in [0.15, 0.2) is 77.4 Å². The average molecular weight is 377 g/mol. The number of allylic oxidation sites excluding steroid dienone is 3. The molecule has 5 heteroatoms. The van der Waals surface area contributed by atoms with Crippen LogP contribution in [0.2, 0.25) is 5.02 Å². The van der Waals surface area contributed by atoms with E-state index in [1.54, 1.807) is 18.2 Å². The van der Waals surface area contributed by atoms with Crippen LogP contribution in [-0.4, -0.2) is 5.78 Å². The number of carbonyl (C=O) groups is 1. The van der Waals surface area contributed by atoms with Gasteiger partial charge < -0.3 is 10.5 Å². The zero-order valence-corrected chi connectivity index (χ0v) is 15.2. The number of carbonyl (C=O) groups excluding carboxylic acids is 1. The number of rotatable bonds is 2. The van der Waals surface area contributed by atoms with Crippen LogP contribution in [0.5, 0.6) is 0 Å². The van der Waals surface area contributed by atoms with Gasteiger partial charge in [0.2, 0.25) is 5.88 Å². The Hall–Kier alpha value is -3.03. The molecule has 2 atom stereocenters. The van der Waals surface area contributed by atoms with E-state index >= 15 is 0 Å². The number of ketones is 1. The summed E-state index contributed by atoms with van der Waals surface area (Å²) in [5, 5.41) is 10.2. The number of hydrogen-bond acceptors (Lipinski definition) is 4. The number of halogens is 1. The van der Waals surface area contributed by atoms with E-state index in [0.717, 1.165) is 11.1 Å². The molecule has 0 amide bonds. The lowest BCUT2D eigenvalue weighted by atomic mass is 9.73. The molecule has 0 unspecified atom stereocenters. The molecule has 2 aromatic carbocycles. The second-order valence-corrected chi connectivity index (χ2v) is 7.19.